The van der Waals surface area contributed by atoms with Crippen molar-refractivity contribution >= 4 is 11.7 Å². The molecule has 0 heterocycles. The number of nitrogens with one attached hydrogen (secondary N) is 2. The highest BCUT2D eigenvalue weighted by atomic mass is 19.1. The Labute approximate surface area is 136 Å². The van der Waals surface area contributed by atoms with Crippen molar-refractivity contribution in [3.8, 4) is 5.75 Å². The predicted octanol–water partition coefficient (Wildman–Crippen LogP) is 2.67. The maximum atomic E-state index is 13.4. The number of benzene rings is 2. The standard InChI is InChI=1S/C16H15F3N2O3/c17-10-1-4-13(5-2-10)24-9-12(22)8-20-16(23)21-15-7-11(18)3-6-14(15)19/h1-7,12,22H,8-9H2,(H2,20,21,23). The lowest BCUT2D eigenvalue weighted by Crippen LogP contribution is -2.37. The van der Waals surface area contributed by atoms with Gasteiger partial charge in [0.25, 0.3) is 0 Å². The van der Waals surface area contributed by atoms with Crippen LogP contribution in [0, 0.1) is 17.5 Å². The molecule has 0 bridgehead atoms. The molecule has 2 rings (SSSR count). The summed E-state index contributed by atoms with van der Waals surface area (Å²) < 4.78 is 44.3. The minimum absolute atomic E-state index is 0.139. The molecule has 24 heavy (non-hydrogen) atoms. The van der Waals surface area contributed by atoms with Gasteiger partial charge < -0.3 is 20.5 Å². The van der Waals surface area contributed by atoms with E-state index in [9.17, 15) is 23.1 Å². The normalized spacial score (nSPS) is 11.7. The topological polar surface area (TPSA) is 70.6 Å². The number of halogens is 3. The second kappa shape index (κ2) is 8.21. The molecule has 0 saturated heterocycles. The molecule has 0 radical (unpaired) electrons. The molecule has 0 spiro atoms. The summed E-state index contributed by atoms with van der Waals surface area (Å²) in [4.78, 5) is 11.6. The van der Waals surface area contributed by atoms with E-state index in [0.29, 0.717) is 5.75 Å². The predicted molar refractivity (Wildman–Crippen MR) is 81.3 cm³/mol. The van der Waals surface area contributed by atoms with Gasteiger partial charge in [-0.15, -0.1) is 0 Å². The third-order valence-corrected chi connectivity index (χ3v) is 2.93. The van der Waals surface area contributed by atoms with Gasteiger partial charge in [0.15, 0.2) is 0 Å². The number of aliphatic hydroxyl groups excluding tert-OH is 1. The molecule has 2 aromatic rings. The molecule has 0 fully saturated rings. The van der Waals surface area contributed by atoms with E-state index in [1.807, 2.05) is 0 Å². The number of amides is 2. The average Bonchev–Trinajstić information content (AvgIpc) is 2.56. The first kappa shape index (κ1) is 17.6. The molecule has 0 aliphatic rings. The molecule has 5 nitrogen and oxygen atoms in total. The van der Waals surface area contributed by atoms with E-state index in [1.165, 1.54) is 24.3 Å². The van der Waals surface area contributed by atoms with Gasteiger partial charge in [0.05, 0.1) is 5.69 Å². The fraction of sp³-hybridized carbons (Fsp3) is 0.188. The van der Waals surface area contributed by atoms with Gasteiger partial charge in [-0.3, -0.25) is 0 Å². The van der Waals surface area contributed by atoms with Crippen LogP contribution in [-0.2, 0) is 0 Å². The number of ether oxygens (including phenoxy) is 1. The highest BCUT2D eigenvalue weighted by molar-refractivity contribution is 5.89. The zero-order chi connectivity index (χ0) is 17.5. The second-order valence-electron chi connectivity index (χ2n) is 4.88. The van der Waals surface area contributed by atoms with Crippen LogP contribution in [0.5, 0.6) is 5.75 Å². The van der Waals surface area contributed by atoms with Gasteiger partial charge >= 0.3 is 6.03 Å². The number of hydrogen-bond donors (Lipinski definition) is 3. The fourth-order valence-corrected chi connectivity index (χ4v) is 1.75. The van der Waals surface area contributed by atoms with Crippen LogP contribution in [0.4, 0.5) is 23.7 Å². The monoisotopic (exact) mass is 340 g/mol. The SMILES string of the molecule is O=C(NCC(O)COc1ccc(F)cc1)Nc1cc(F)ccc1F. The largest absolute Gasteiger partial charge is 0.491 e. The molecule has 2 amide bonds. The molecule has 0 aromatic heterocycles. The maximum Gasteiger partial charge on any atom is 0.319 e. The Balaban J connectivity index is 1.74. The van der Waals surface area contributed by atoms with Crippen LogP contribution in [0.3, 0.4) is 0 Å². The molecule has 2 aromatic carbocycles. The first-order valence-electron chi connectivity index (χ1n) is 7.00. The van der Waals surface area contributed by atoms with E-state index in [1.54, 1.807) is 0 Å². The number of carbonyl (C=O) groups excluding carboxylic acids is 1. The van der Waals surface area contributed by atoms with E-state index >= 15 is 0 Å². The van der Waals surface area contributed by atoms with Crippen LogP contribution in [0.1, 0.15) is 0 Å². The van der Waals surface area contributed by atoms with E-state index in [-0.39, 0.29) is 18.8 Å². The van der Waals surface area contributed by atoms with Gasteiger partial charge in [-0.2, -0.15) is 0 Å². The van der Waals surface area contributed by atoms with Crippen LogP contribution in [0.2, 0.25) is 0 Å². The Morgan fingerprint density at radius 2 is 1.75 bits per heavy atom. The summed E-state index contributed by atoms with van der Waals surface area (Å²) in [6, 6.07) is 7.06. The Kier molecular flexibility index (Phi) is 6.02. The van der Waals surface area contributed by atoms with Gasteiger partial charge in [0, 0.05) is 12.6 Å². The van der Waals surface area contributed by atoms with Gasteiger partial charge in [0.2, 0.25) is 0 Å². The number of hydrogen-bond acceptors (Lipinski definition) is 3. The Morgan fingerprint density at radius 1 is 1.08 bits per heavy atom. The van der Waals surface area contributed by atoms with Gasteiger partial charge in [-0.1, -0.05) is 0 Å². The Bertz CT molecular complexity index is 695. The summed E-state index contributed by atoms with van der Waals surface area (Å²) in [5.74, 6) is -1.53. The number of rotatable bonds is 6. The Hall–Kier alpha value is -2.74. The molecule has 0 aliphatic carbocycles. The molecule has 8 heteroatoms. The van der Waals surface area contributed by atoms with Crippen LogP contribution < -0.4 is 15.4 Å². The Morgan fingerprint density at radius 3 is 2.46 bits per heavy atom. The summed E-state index contributed by atoms with van der Waals surface area (Å²) in [7, 11) is 0. The van der Waals surface area contributed by atoms with Crippen LogP contribution in [-0.4, -0.2) is 30.4 Å². The number of carbonyl (C=O) groups is 1. The van der Waals surface area contributed by atoms with Crippen molar-refractivity contribution in [2.75, 3.05) is 18.5 Å². The van der Waals surface area contributed by atoms with Crippen molar-refractivity contribution in [1.29, 1.82) is 0 Å². The third-order valence-electron chi connectivity index (χ3n) is 2.93. The first-order chi connectivity index (χ1) is 11.4. The van der Waals surface area contributed by atoms with Crippen molar-refractivity contribution < 1.29 is 27.8 Å². The lowest BCUT2D eigenvalue weighted by molar-refractivity contribution is 0.108. The smallest absolute Gasteiger partial charge is 0.319 e. The molecule has 3 N–H and O–H groups in total. The molecule has 0 saturated carbocycles. The summed E-state index contributed by atoms with van der Waals surface area (Å²) in [6.07, 6.45) is -1.04. The minimum Gasteiger partial charge on any atom is -0.491 e. The van der Waals surface area contributed by atoms with Crippen molar-refractivity contribution in [2.45, 2.75) is 6.10 Å². The van der Waals surface area contributed by atoms with Gasteiger partial charge in [0.1, 0.15) is 35.9 Å². The molecular formula is C16H15F3N2O3. The molecule has 0 aliphatic heterocycles. The van der Waals surface area contributed by atoms with Gasteiger partial charge in [-0.25, -0.2) is 18.0 Å². The van der Waals surface area contributed by atoms with E-state index < -0.39 is 29.6 Å². The summed E-state index contributed by atoms with van der Waals surface area (Å²) in [5, 5.41) is 14.1. The highest BCUT2D eigenvalue weighted by Gasteiger charge is 2.11. The molecule has 1 unspecified atom stereocenters. The lowest BCUT2D eigenvalue weighted by Gasteiger charge is -2.14. The lowest BCUT2D eigenvalue weighted by atomic mass is 10.3. The number of aliphatic hydroxyl groups is 1. The van der Waals surface area contributed by atoms with Crippen LogP contribution >= 0.6 is 0 Å². The second-order valence-corrected chi connectivity index (χ2v) is 4.88. The maximum absolute atomic E-state index is 13.4. The quantitative estimate of drug-likeness (QED) is 0.757. The number of anilines is 1. The van der Waals surface area contributed by atoms with Crippen molar-refractivity contribution in [2.24, 2.45) is 0 Å². The van der Waals surface area contributed by atoms with Crippen molar-refractivity contribution in [1.82, 2.24) is 5.32 Å². The van der Waals surface area contributed by atoms with Crippen LogP contribution in [0.15, 0.2) is 42.5 Å². The first-order valence-corrected chi connectivity index (χ1v) is 7.00. The fourth-order valence-electron chi connectivity index (χ4n) is 1.75. The zero-order valence-electron chi connectivity index (χ0n) is 12.4. The molecule has 128 valence electrons. The minimum atomic E-state index is -1.04. The van der Waals surface area contributed by atoms with E-state index in [4.69, 9.17) is 4.74 Å². The summed E-state index contributed by atoms with van der Waals surface area (Å²) >= 11 is 0. The van der Waals surface area contributed by atoms with E-state index in [2.05, 4.69) is 10.6 Å². The molecular weight excluding hydrogens is 325 g/mol. The number of urea groups is 1. The highest BCUT2D eigenvalue weighted by Crippen LogP contribution is 2.15. The van der Waals surface area contributed by atoms with Crippen molar-refractivity contribution in [3.63, 3.8) is 0 Å². The summed E-state index contributed by atoms with van der Waals surface area (Å²) in [5.41, 5.74) is -0.315. The summed E-state index contributed by atoms with van der Waals surface area (Å²) in [6.45, 7) is -0.315. The molecule has 1 atom stereocenters. The average molecular weight is 340 g/mol. The third kappa shape index (κ3) is 5.47. The van der Waals surface area contributed by atoms with E-state index in [0.717, 1.165) is 18.2 Å². The van der Waals surface area contributed by atoms with Crippen LogP contribution in [0.25, 0.3) is 0 Å². The van der Waals surface area contributed by atoms with Crippen molar-refractivity contribution in [3.05, 3.63) is 59.9 Å². The van der Waals surface area contributed by atoms with Gasteiger partial charge in [-0.05, 0) is 36.4 Å². The zero-order valence-corrected chi connectivity index (χ0v) is 12.4.